The maximum Gasteiger partial charge on any atom is 0.146 e. The highest BCUT2D eigenvalue weighted by atomic mass is 79.9. The van der Waals surface area contributed by atoms with Crippen LogP contribution in [0.25, 0.3) is 0 Å². The molecule has 0 saturated carbocycles. The van der Waals surface area contributed by atoms with Crippen molar-refractivity contribution < 1.29 is 4.39 Å². The number of hydrogen-bond donors (Lipinski definition) is 1. The van der Waals surface area contributed by atoms with Crippen molar-refractivity contribution in [1.29, 1.82) is 0 Å². The lowest BCUT2D eigenvalue weighted by molar-refractivity contribution is 0.629. The summed E-state index contributed by atoms with van der Waals surface area (Å²) >= 11 is 9.34. The van der Waals surface area contributed by atoms with E-state index in [1.165, 1.54) is 6.07 Å². The van der Waals surface area contributed by atoms with Gasteiger partial charge in [-0.3, -0.25) is 0 Å². The van der Waals surface area contributed by atoms with Gasteiger partial charge in [0.1, 0.15) is 5.82 Å². The second-order valence-corrected chi connectivity index (χ2v) is 5.35. The fourth-order valence-electron chi connectivity index (χ4n) is 1.62. The molecule has 1 nitrogen and oxygen atoms in total. The quantitative estimate of drug-likeness (QED) is 0.820. The second-order valence-electron chi connectivity index (χ2n) is 4.09. The topological polar surface area (TPSA) is 12.0 Å². The molecule has 0 atom stereocenters. The van der Waals surface area contributed by atoms with E-state index in [-0.39, 0.29) is 5.82 Å². The van der Waals surface area contributed by atoms with Crippen LogP contribution in [-0.2, 0) is 6.54 Å². The number of rotatable bonds is 3. The third-order valence-electron chi connectivity index (χ3n) is 2.59. The highest BCUT2D eigenvalue weighted by molar-refractivity contribution is 9.10. The van der Waals surface area contributed by atoms with Crippen LogP contribution in [0.2, 0.25) is 5.02 Å². The van der Waals surface area contributed by atoms with Crippen LogP contribution in [-0.4, -0.2) is 0 Å². The highest BCUT2D eigenvalue weighted by Crippen LogP contribution is 2.24. The molecule has 2 aromatic rings. The molecule has 0 spiro atoms. The van der Waals surface area contributed by atoms with Crippen LogP contribution in [0.3, 0.4) is 0 Å². The van der Waals surface area contributed by atoms with E-state index in [9.17, 15) is 4.39 Å². The molecular formula is C14H12BrClFN. The zero-order valence-electron chi connectivity index (χ0n) is 9.81. The first-order chi connectivity index (χ1) is 8.56. The number of hydrogen-bond acceptors (Lipinski definition) is 1. The average molecular weight is 329 g/mol. The summed E-state index contributed by atoms with van der Waals surface area (Å²) in [7, 11) is 0. The number of aryl methyl sites for hydroxylation is 1. The van der Waals surface area contributed by atoms with Crippen molar-refractivity contribution in [3.8, 4) is 0 Å². The zero-order chi connectivity index (χ0) is 13.1. The Kier molecular flexibility index (Phi) is 4.25. The van der Waals surface area contributed by atoms with Crippen LogP contribution >= 0.6 is 27.5 Å². The molecule has 0 radical (unpaired) electrons. The van der Waals surface area contributed by atoms with E-state index < -0.39 is 0 Å². The molecule has 0 aliphatic heterocycles. The Morgan fingerprint density at radius 1 is 1.22 bits per heavy atom. The maximum atomic E-state index is 13.5. The van der Waals surface area contributed by atoms with Gasteiger partial charge in [-0.15, -0.1) is 0 Å². The monoisotopic (exact) mass is 327 g/mol. The maximum absolute atomic E-state index is 13.5. The fraction of sp³-hybridized carbons (Fsp3) is 0.143. The predicted molar refractivity (Wildman–Crippen MR) is 77.6 cm³/mol. The Balaban J connectivity index is 2.11. The molecule has 94 valence electrons. The minimum atomic E-state index is -0.246. The summed E-state index contributed by atoms with van der Waals surface area (Å²) in [6.07, 6.45) is 0. The molecule has 18 heavy (non-hydrogen) atoms. The number of nitrogens with one attached hydrogen (secondary N) is 1. The molecule has 4 heteroatoms. The van der Waals surface area contributed by atoms with Crippen molar-refractivity contribution in [2.24, 2.45) is 0 Å². The molecule has 0 amide bonds. The number of halogens is 3. The van der Waals surface area contributed by atoms with Crippen molar-refractivity contribution in [3.63, 3.8) is 0 Å². The van der Waals surface area contributed by atoms with Gasteiger partial charge in [0.05, 0.1) is 10.7 Å². The van der Waals surface area contributed by atoms with Gasteiger partial charge in [0, 0.05) is 11.0 Å². The van der Waals surface area contributed by atoms with Gasteiger partial charge in [-0.05, 0) is 58.2 Å². The van der Waals surface area contributed by atoms with E-state index in [1.807, 2.05) is 25.1 Å². The minimum absolute atomic E-state index is 0.246. The predicted octanol–water partition coefficient (Wildman–Crippen LogP) is 5.16. The lowest BCUT2D eigenvalue weighted by atomic mass is 10.2. The van der Waals surface area contributed by atoms with E-state index in [0.29, 0.717) is 17.3 Å². The molecule has 1 N–H and O–H groups in total. The summed E-state index contributed by atoms with van der Waals surface area (Å²) in [5, 5.41) is 3.72. The first kappa shape index (κ1) is 13.4. The Hall–Kier alpha value is -1.06. The summed E-state index contributed by atoms with van der Waals surface area (Å²) in [6.45, 7) is 2.47. The SMILES string of the molecule is Cc1ccc(F)c(NCc2ccc(Br)c(Cl)c2)c1. The van der Waals surface area contributed by atoms with Crippen LogP contribution in [0.4, 0.5) is 10.1 Å². The van der Waals surface area contributed by atoms with Crippen molar-refractivity contribution in [2.75, 3.05) is 5.32 Å². The molecular weight excluding hydrogens is 317 g/mol. The smallest absolute Gasteiger partial charge is 0.146 e. The van der Waals surface area contributed by atoms with Gasteiger partial charge < -0.3 is 5.32 Å². The van der Waals surface area contributed by atoms with Crippen molar-refractivity contribution >= 4 is 33.2 Å². The van der Waals surface area contributed by atoms with Crippen LogP contribution in [0.15, 0.2) is 40.9 Å². The van der Waals surface area contributed by atoms with Gasteiger partial charge in [-0.25, -0.2) is 4.39 Å². The normalized spacial score (nSPS) is 10.4. The van der Waals surface area contributed by atoms with Gasteiger partial charge in [-0.2, -0.15) is 0 Å². The van der Waals surface area contributed by atoms with Gasteiger partial charge in [-0.1, -0.05) is 23.7 Å². The summed E-state index contributed by atoms with van der Waals surface area (Å²) in [4.78, 5) is 0. The van der Waals surface area contributed by atoms with E-state index in [1.54, 1.807) is 12.1 Å². The van der Waals surface area contributed by atoms with Crippen molar-refractivity contribution in [3.05, 3.63) is 62.8 Å². The minimum Gasteiger partial charge on any atom is -0.379 e. The first-order valence-electron chi connectivity index (χ1n) is 5.50. The molecule has 2 rings (SSSR count). The van der Waals surface area contributed by atoms with Crippen molar-refractivity contribution in [1.82, 2.24) is 0 Å². The second kappa shape index (κ2) is 5.72. The summed E-state index contributed by atoms with van der Waals surface area (Å²) in [5.41, 5.74) is 2.53. The van der Waals surface area contributed by atoms with Crippen LogP contribution in [0.5, 0.6) is 0 Å². The molecule has 0 unspecified atom stereocenters. The molecule has 0 aliphatic rings. The van der Waals surface area contributed by atoms with Crippen LogP contribution in [0.1, 0.15) is 11.1 Å². The van der Waals surface area contributed by atoms with Gasteiger partial charge in [0.2, 0.25) is 0 Å². The molecule has 0 saturated heterocycles. The van der Waals surface area contributed by atoms with Gasteiger partial charge in [0.25, 0.3) is 0 Å². The molecule has 0 bridgehead atoms. The fourth-order valence-corrected chi connectivity index (χ4v) is 2.07. The summed E-state index contributed by atoms with van der Waals surface area (Å²) in [5.74, 6) is -0.246. The molecule has 2 aromatic carbocycles. The third kappa shape index (κ3) is 3.24. The lowest BCUT2D eigenvalue weighted by Gasteiger charge is -2.09. The van der Waals surface area contributed by atoms with E-state index in [4.69, 9.17) is 11.6 Å². The molecule has 0 heterocycles. The van der Waals surface area contributed by atoms with E-state index >= 15 is 0 Å². The molecule has 0 aliphatic carbocycles. The Morgan fingerprint density at radius 3 is 2.72 bits per heavy atom. The summed E-state index contributed by atoms with van der Waals surface area (Å²) in [6, 6.07) is 10.7. The number of anilines is 1. The Labute approximate surface area is 119 Å². The van der Waals surface area contributed by atoms with Gasteiger partial charge in [0.15, 0.2) is 0 Å². The van der Waals surface area contributed by atoms with Crippen molar-refractivity contribution in [2.45, 2.75) is 13.5 Å². The zero-order valence-corrected chi connectivity index (χ0v) is 12.1. The molecule has 0 fully saturated rings. The van der Waals surface area contributed by atoms with Crippen LogP contribution in [0, 0.1) is 12.7 Å². The van der Waals surface area contributed by atoms with Crippen LogP contribution < -0.4 is 5.32 Å². The summed E-state index contributed by atoms with van der Waals surface area (Å²) < 4.78 is 14.4. The first-order valence-corrected chi connectivity index (χ1v) is 6.67. The average Bonchev–Trinajstić information content (AvgIpc) is 2.34. The standard InChI is InChI=1S/C14H12BrClFN/c1-9-2-5-13(17)14(6-9)18-8-10-3-4-11(15)12(16)7-10/h2-7,18H,8H2,1H3. The lowest BCUT2D eigenvalue weighted by Crippen LogP contribution is -2.01. The number of benzene rings is 2. The third-order valence-corrected chi connectivity index (χ3v) is 3.82. The Bertz CT molecular complexity index is 572. The molecule has 0 aromatic heterocycles. The van der Waals surface area contributed by atoms with Gasteiger partial charge >= 0.3 is 0 Å². The van der Waals surface area contributed by atoms with E-state index in [2.05, 4.69) is 21.2 Å². The Morgan fingerprint density at radius 2 is 2.00 bits per heavy atom. The highest BCUT2D eigenvalue weighted by Gasteiger charge is 2.03. The largest absolute Gasteiger partial charge is 0.379 e. The van der Waals surface area contributed by atoms with E-state index in [0.717, 1.165) is 15.6 Å².